The molecular weight excluding hydrogens is 314 g/mol. The summed E-state index contributed by atoms with van der Waals surface area (Å²) in [4.78, 5) is 20.7. The predicted molar refractivity (Wildman–Crippen MR) is 89.4 cm³/mol. The van der Waals surface area contributed by atoms with Crippen molar-refractivity contribution in [3.05, 3.63) is 5.82 Å². The van der Waals surface area contributed by atoms with E-state index in [-0.39, 0.29) is 11.8 Å². The summed E-state index contributed by atoms with van der Waals surface area (Å²) in [5.41, 5.74) is 0. The van der Waals surface area contributed by atoms with Gasteiger partial charge in [0.25, 0.3) is 0 Å². The topological polar surface area (TPSA) is 81.6 Å². The van der Waals surface area contributed by atoms with Gasteiger partial charge in [-0.1, -0.05) is 0 Å². The second kappa shape index (κ2) is 7.11. The summed E-state index contributed by atoms with van der Waals surface area (Å²) in [6.45, 7) is 2.48. The Morgan fingerprint density at radius 3 is 2.65 bits per heavy atom. The highest BCUT2D eigenvalue weighted by Gasteiger charge is 2.33. The van der Waals surface area contributed by atoms with Crippen LogP contribution in [0, 0.1) is 5.92 Å². The number of rotatable bonds is 6. The van der Waals surface area contributed by atoms with E-state index in [1.54, 1.807) is 0 Å². The first-order valence-electron chi connectivity index (χ1n) is 8.23. The average molecular weight is 339 g/mol. The van der Waals surface area contributed by atoms with Gasteiger partial charge in [-0.3, -0.25) is 9.69 Å². The molecule has 2 heterocycles. The van der Waals surface area contributed by atoms with E-state index in [2.05, 4.69) is 19.6 Å². The van der Waals surface area contributed by atoms with Crippen molar-refractivity contribution in [2.24, 2.45) is 5.92 Å². The van der Waals surface area contributed by atoms with Crippen molar-refractivity contribution >= 4 is 22.6 Å². The third kappa shape index (κ3) is 4.39. The molecule has 1 aromatic rings. The number of likely N-dealkylation sites (tertiary alicyclic amines) is 1. The number of aliphatic hydroxyl groups is 1. The molecule has 1 saturated heterocycles. The molecule has 2 aliphatic rings. The zero-order valence-corrected chi connectivity index (χ0v) is 14.6. The van der Waals surface area contributed by atoms with Crippen LogP contribution in [0.5, 0.6) is 0 Å². The molecule has 7 nitrogen and oxygen atoms in total. The summed E-state index contributed by atoms with van der Waals surface area (Å²) < 4.78 is 4.39. The molecule has 1 aromatic heterocycles. The number of aromatic nitrogens is 2. The van der Waals surface area contributed by atoms with E-state index in [4.69, 9.17) is 0 Å². The third-order valence-electron chi connectivity index (χ3n) is 4.48. The lowest BCUT2D eigenvalue weighted by Crippen LogP contribution is -2.45. The van der Waals surface area contributed by atoms with Crippen LogP contribution in [0.4, 0.5) is 5.13 Å². The molecule has 3 rings (SSSR count). The maximum atomic E-state index is 11.9. The molecule has 1 aliphatic carbocycles. The zero-order valence-electron chi connectivity index (χ0n) is 13.7. The fraction of sp³-hybridized carbons (Fsp3) is 0.800. The van der Waals surface area contributed by atoms with Gasteiger partial charge in [0, 0.05) is 31.7 Å². The molecule has 0 spiro atoms. The van der Waals surface area contributed by atoms with Crippen LogP contribution in [-0.4, -0.2) is 64.6 Å². The van der Waals surface area contributed by atoms with Gasteiger partial charge in [0.2, 0.25) is 11.0 Å². The Morgan fingerprint density at radius 1 is 1.39 bits per heavy atom. The Hall–Kier alpha value is -1.25. The number of amides is 1. The molecule has 0 aromatic carbocycles. The highest BCUT2D eigenvalue weighted by molar-refractivity contribution is 7.09. The SMILES string of the molecule is CN(C)c1nc(CN2CCC(C(O)C(=O)NC3CC3)CC2)ns1. The van der Waals surface area contributed by atoms with Crippen LogP contribution in [0.2, 0.25) is 0 Å². The quantitative estimate of drug-likeness (QED) is 0.783. The van der Waals surface area contributed by atoms with E-state index in [9.17, 15) is 9.90 Å². The fourth-order valence-corrected chi connectivity index (χ4v) is 3.44. The number of carbonyl (C=O) groups excluding carboxylic acids is 1. The maximum absolute atomic E-state index is 11.9. The first-order chi connectivity index (χ1) is 11.0. The summed E-state index contributed by atoms with van der Waals surface area (Å²) in [6.07, 6.45) is 2.91. The number of hydrogen-bond donors (Lipinski definition) is 2. The van der Waals surface area contributed by atoms with Gasteiger partial charge in [0.05, 0.1) is 6.54 Å². The van der Waals surface area contributed by atoms with Gasteiger partial charge in [-0.05, 0) is 44.7 Å². The standard InChI is InChI=1S/C15H25N5O2S/c1-19(2)15-17-12(18-23-15)9-20-7-5-10(6-8-20)13(21)14(22)16-11-3-4-11/h10-11,13,21H,3-9H2,1-2H3,(H,16,22). The first-order valence-corrected chi connectivity index (χ1v) is 9.01. The normalized spacial score (nSPS) is 21.2. The molecule has 128 valence electrons. The highest BCUT2D eigenvalue weighted by Crippen LogP contribution is 2.24. The van der Waals surface area contributed by atoms with Gasteiger partial charge in [-0.25, -0.2) is 4.98 Å². The Bertz CT molecular complexity index is 538. The van der Waals surface area contributed by atoms with E-state index >= 15 is 0 Å². The second-order valence-electron chi connectivity index (χ2n) is 6.73. The molecular formula is C15H25N5O2S. The lowest BCUT2D eigenvalue weighted by atomic mass is 9.90. The Kier molecular flexibility index (Phi) is 5.13. The maximum Gasteiger partial charge on any atom is 0.249 e. The molecule has 1 amide bonds. The van der Waals surface area contributed by atoms with E-state index < -0.39 is 6.10 Å². The van der Waals surface area contributed by atoms with Crippen molar-refractivity contribution in [2.45, 2.75) is 44.4 Å². The molecule has 0 radical (unpaired) electrons. The van der Waals surface area contributed by atoms with Crippen molar-refractivity contribution in [2.75, 3.05) is 32.1 Å². The number of piperidine rings is 1. The van der Waals surface area contributed by atoms with Gasteiger partial charge >= 0.3 is 0 Å². The van der Waals surface area contributed by atoms with Crippen LogP contribution < -0.4 is 10.2 Å². The van der Waals surface area contributed by atoms with Crippen LogP contribution in [0.25, 0.3) is 0 Å². The van der Waals surface area contributed by atoms with E-state index in [1.165, 1.54) is 11.5 Å². The van der Waals surface area contributed by atoms with Crippen LogP contribution in [-0.2, 0) is 11.3 Å². The lowest BCUT2D eigenvalue weighted by Gasteiger charge is -2.33. The van der Waals surface area contributed by atoms with Crippen molar-refractivity contribution < 1.29 is 9.90 Å². The van der Waals surface area contributed by atoms with Crippen LogP contribution in [0.1, 0.15) is 31.5 Å². The van der Waals surface area contributed by atoms with Gasteiger partial charge < -0.3 is 15.3 Å². The van der Waals surface area contributed by atoms with E-state index in [0.29, 0.717) is 6.04 Å². The largest absolute Gasteiger partial charge is 0.383 e. The summed E-state index contributed by atoms with van der Waals surface area (Å²) >= 11 is 1.41. The van der Waals surface area contributed by atoms with Crippen LogP contribution in [0.15, 0.2) is 0 Å². The summed E-state index contributed by atoms with van der Waals surface area (Å²) in [7, 11) is 3.92. The average Bonchev–Trinajstić information content (AvgIpc) is 3.22. The van der Waals surface area contributed by atoms with Gasteiger partial charge in [0.15, 0.2) is 5.82 Å². The molecule has 2 N–H and O–H groups in total. The minimum absolute atomic E-state index is 0.0609. The van der Waals surface area contributed by atoms with Gasteiger partial charge in [-0.15, -0.1) is 0 Å². The van der Waals surface area contributed by atoms with E-state index in [0.717, 1.165) is 56.3 Å². The number of aliphatic hydroxyl groups excluding tert-OH is 1. The summed E-state index contributed by atoms with van der Waals surface area (Å²) in [6, 6.07) is 0.305. The predicted octanol–water partition coefficient (Wildman–Crippen LogP) is 0.456. The van der Waals surface area contributed by atoms with Crippen molar-refractivity contribution in [1.29, 1.82) is 0 Å². The summed E-state index contributed by atoms with van der Waals surface area (Å²) in [5, 5.41) is 14.0. The number of anilines is 1. The highest BCUT2D eigenvalue weighted by atomic mass is 32.1. The Labute approximate surface area is 140 Å². The zero-order chi connectivity index (χ0) is 16.4. The second-order valence-corrected chi connectivity index (χ2v) is 7.46. The number of nitrogens with zero attached hydrogens (tertiary/aromatic N) is 4. The molecule has 8 heteroatoms. The number of carbonyl (C=O) groups is 1. The van der Waals surface area contributed by atoms with Crippen molar-refractivity contribution in [1.82, 2.24) is 19.6 Å². The molecule has 1 atom stereocenters. The first kappa shape index (κ1) is 16.6. The minimum atomic E-state index is -0.865. The third-order valence-corrected chi connectivity index (χ3v) is 5.40. The summed E-state index contributed by atoms with van der Waals surface area (Å²) in [5.74, 6) is 0.720. The molecule has 1 saturated carbocycles. The molecule has 23 heavy (non-hydrogen) atoms. The lowest BCUT2D eigenvalue weighted by molar-refractivity contribution is -0.133. The minimum Gasteiger partial charge on any atom is -0.383 e. The number of hydrogen-bond acceptors (Lipinski definition) is 7. The van der Waals surface area contributed by atoms with Gasteiger partial charge in [0.1, 0.15) is 6.10 Å². The monoisotopic (exact) mass is 339 g/mol. The van der Waals surface area contributed by atoms with Crippen LogP contribution in [0.3, 0.4) is 0 Å². The fourth-order valence-electron chi connectivity index (χ4n) is 2.85. The molecule has 2 fully saturated rings. The smallest absolute Gasteiger partial charge is 0.249 e. The van der Waals surface area contributed by atoms with Gasteiger partial charge in [-0.2, -0.15) is 4.37 Å². The van der Waals surface area contributed by atoms with Crippen LogP contribution >= 0.6 is 11.5 Å². The molecule has 1 aliphatic heterocycles. The molecule has 0 bridgehead atoms. The van der Waals surface area contributed by atoms with Crippen molar-refractivity contribution in [3.63, 3.8) is 0 Å². The number of nitrogens with one attached hydrogen (secondary N) is 1. The Morgan fingerprint density at radius 2 is 2.09 bits per heavy atom. The van der Waals surface area contributed by atoms with Crippen molar-refractivity contribution in [3.8, 4) is 0 Å². The molecule has 1 unspecified atom stereocenters. The Balaban J connectivity index is 1.44. The van der Waals surface area contributed by atoms with E-state index in [1.807, 2.05) is 19.0 Å².